The molecule has 0 atom stereocenters. The second kappa shape index (κ2) is 9.06. The number of rotatable bonds is 7. The third-order valence-corrected chi connectivity index (χ3v) is 4.71. The van der Waals surface area contributed by atoms with Crippen LogP contribution in [0, 0.1) is 0 Å². The van der Waals surface area contributed by atoms with Crippen LogP contribution in [0.15, 0.2) is 36.9 Å². The number of fused-ring (bicyclic) bond motifs is 1. The molecule has 0 aliphatic carbocycles. The van der Waals surface area contributed by atoms with Crippen LogP contribution in [-0.4, -0.2) is 20.6 Å². The minimum Gasteiger partial charge on any atom is -0.408 e. The molecule has 0 bridgehead atoms. The van der Waals surface area contributed by atoms with Crippen LogP contribution in [0.2, 0.25) is 10.0 Å². The molecule has 0 saturated heterocycles. The van der Waals surface area contributed by atoms with E-state index in [2.05, 4.69) is 22.2 Å². The van der Waals surface area contributed by atoms with E-state index >= 15 is 0 Å². The number of hydrogen-bond acceptors (Lipinski definition) is 4. The van der Waals surface area contributed by atoms with Crippen molar-refractivity contribution in [2.24, 2.45) is 0 Å². The molecule has 6 nitrogen and oxygen atoms in total. The molecule has 0 radical (unpaired) electrons. The van der Waals surface area contributed by atoms with Gasteiger partial charge in [0.2, 0.25) is 0 Å². The van der Waals surface area contributed by atoms with Crippen molar-refractivity contribution in [3.63, 3.8) is 0 Å². The van der Waals surface area contributed by atoms with E-state index in [9.17, 15) is 4.79 Å². The monoisotopic (exact) mass is 406 g/mol. The number of hydrogen-bond donors (Lipinski definition) is 1. The number of unbranched alkanes of at least 4 members (excludes halogenated alkanes) is 3. The van der Waals surface area contributed by atoms with Crippen molar-refractivity contribution in [3.05, 3.63) is 47.0 Å². The molecule has 0 unspecified atom stereocenters. The quantitative estimate of drug-likeness (QED) is 0.493. The van der Waals surface area contributed by atoms with Crippen LogP contribution in [0.3, 0.4) is 0 Å². The Hall–Kier alpha value is -2.31. The minimum atomic E-state index is -0.682. The number of nitrogens with zero attached hydrogens (tertiary/aromatic N) is 3. The van der Waals surface area contributed by atoms with Gasteiger partial charge < -0.3 is 9.30 Å². The van der Waals surface area contributed by atoms with Crippen molar-refractivity contribution in [1.82, 2.24) is 14.5 Å². The van der Waals surface area contributed by atoms with Gasteiger partial charge in [-0.05, 0) is 18.6 Å². The summed E-state index contributed by atoms with van der Waals surface area (Å²) in [5, 5.41) is 3.81. The molecule has 3 aromatic heterocycles. The van der Waals surface area contributed by atoms with Crippen molar-refractivity contribution < 1.29 is 9.53 Å². The summed E-state index contributed by atoms with van der Waals surface area (Å²) in [7, 11) is 0. The van der Waals surface area contributed by atoms with E-state index in [0.29, 0.717) is 5.75 Å². The number of carbonyl (C=O) groups is 1. The SMILES string of the molecule is CCCCCCn1cc(OC(=O)Nc2c(Cl)cncc2Cl)c2cccnc21. The number of carbonyl (C=O) groups excluding carboxylic acids is 1. The first kappa shape index (κ1) is 19.5. The predicted molar refractivity (Wildman–Crippen MR) is 108 cm³/mol. The standard InChI is InChI=1S/C19H20Cl2N4O2/c1-2-3-4-5-9-25-12-16(13-7-6-8-23-18(13)25)27-19(26)24-17-14(20)10-22-11-15(17)21/h6-8,10-12H,2-5,9H2,1H3,(H,22,24,26). The number of aromatic nitrogens is 3. The fraction of sp³-hybridized carbons (Fsp3) is 0.316. The number of halogens is 2. The van der Waals surface area contributed by atoms with E-state index in [1.54, 1.807) is 12.4 Å². The third-order valence-electron chi connectivity index (χ3n) is 4.13. The van der Waals surface area contributed by atoms with Crippen LogP contribution in [0.5, 0.6) is 5.75 Å². The molecule has 0 aliphatic heterocycles. The third kappa shape index (κ3) is 4.70. The Bertz CT molecular complexity index is 922. The van der Waals surface area contributed by atoms with Gasteiger partial charge in [-0.25, -0.2) is 9.78 Å². The zero-order valence-electron chi connectivity index (χ0n) is 14.9. The van der Waals surface area contributed by atoms with Crippen LogP contribution >= 0.6 is 23.2 Å². The topological polar surface area (TPSA) is 69.0 Å². The second-order valence-corrected chi connectivity index (χ2v) is 6.93. The number of amides is 1. The van der Waals surface area contributed by atoms with E-state index in [1.807, 2.05) is 16.7 Å². The maximum atomic E-state index is 12.3. The Kier molecular flexibility index (Phi) is 6.53. The highest BCUT2D eigenvalue weighted by Gasteiger charge is 2.16. The highest BCUT2D eigenvalue weighted by molar-refractivity contribution is 6.39. The molecule has 0 spiro atoms. The highest BCUT2D eigenvalue weighted by Crippen LogP contribution is 2.30. The van der Waals surface area contributed by atoms with Crippen molar-refractivity contribution in [1.29, 1.82) is 0 Å². The fourth-order valence-electron chi connectivity index (χ4n) is 2.81. The summed E-state index contributed by atoms with van der Waals surface area (Å²) in [6, 6.07) is 3.69. The Balaban J connectivity index is 1.77. The van der Waals surface area contributed by atoms with Crippen LogP contribution in [0.1, 0.15) is 32.6 Å². The first-order valence-corrected chi connectivity index (χ1v) is 9.57. The number of anilines is 1. The van der Waals surface area contributed by atoms with Crippen LogP contribution in [0.4, 0.5) is 10.5 Å². The summed E-state index contributed by atoms with van der Waals surface area (Å²) in [5.41, 5.74) is 1.05. The maximum Gasteiger partial charge on any atom is 0.417 e. The number of ether oxygens (including phenoxy) is 1. The molecule has 0 aliphatic rings. The van der Waals surface area contributed by atoms with E-state index < -0.39 is 6.09 Å². The average molecular weight is 407 g/mol. The van der Waals surface area contributed by atoms with Crippen LogP contribution in [0.25, 0.3) is 11.0 Å². The van der Waals surface area contributed by atoms with Crippen molar-refractivity contribution in [3.8, 4) is 5.75 Å². The van der Waals surface area contributed by atoms with E-state index in [0.717, 1.165) is 30.4 Å². The number of nitrogens with one attached hydrogen (secondary N) is 1. The van der Waals surface area contributed by atoms with E-state index in [-0.39, 0.29) is 15.7 Å². The van der Waals surface area contributed by atoms with Crippen LogP contribution < -0.4 is 10.1 Å². The lowest BCUT2D eigenvalue weighted by Crippen LogP contribution is -2.17. The van der Waals surface area contributed by atoms with Gasteiger partial charge in [0.25, 0.3) is 0 Å². The first-order valence-electron chi connectivity index (χ1n) is 8.82. The summed E-state index contributed by atoms with van der Waals surface area (Å²) in [4.78, 5) is 20.6. The molecule has 0 aromatic carbocycles. The molecule has 0 saturated carbocycles. The molecule has 3 aromatic rings. The summed E-state index contributed by atoms with van der Waals surface area (Å²) in [6.45, 7) is 3.00. The van der Waals surface area contributed by atoms with Gasteiger partial charge in [-0.3, -0.25) is 10.3 Å². The van der Waals surface area contributed by atoms with Gasteiger partial charge in [-0.2, -0.15) is 0 Å². The Labute approximate surface area is 167 Å². The van der Waals surface area contributed by atoms with Gasteiger partial charge in [0.15, 0.2) is 5.75 Å². The summed E-state index contributed by atoms with van der Waals surface area (Å²) < 4.78 is 7.52. The molecule has 0 fully saturated rings. The zero-order valence-corrected chi connectivity index (χ0v) is 16.4. The van der Waals surface area contributed by atoms with Gasteiger partial charge in [0.1, 0.15) is 5.65 Å². The van der Waals surface area contributed by atoms with Crippen molar-refractivity contribution in [2.45, 2.75) is 39.2 Å². The summed E-state index contributed by atoms with van der Waals surface area (Å²) >= 11 is 12.1. The molecular formula is C19H20Cl2N4O2. The summed E-state index contributed by atoms with van der Waals surface area (Å²) in [6.07, 6.45) is 10.2. The second-order valence-electron chi connectivity index (χ2n) is 6.11. The van der Waals surface area contributed by atoms with E-state index in [4.69, 9.17) is 27.9 Å². The lowest BCUT2D eigenvalue weighted by Gasteiger charge is -2.08. The number of aryl methyl sites for hydroxylation is 1. The van der Waals surface area contributed by atoms with Gasteiger partial charge in [0.05, 0.1) is 21.1 Å². The maximum absolute atomic E-state index is 12.3. The highest BCUT2D eigenvalue weighted by atomic mass is 35.5. The largest absolute Gasteiger partial charge is 0.417 e. The first-order chi connectivity index (χ1) is 13.1. The Morgan fingerprint density at radius 3 is 2.74 bits per heavy atom. The molecule has 3 rings (SSSR count). The molecule has 1 amide bonds. The Morgan fingerprint density at radius 1 is 1.22 bits per heavy atom. The summed E-state index contributed by atoms with van der Waals surface area (Å²) in [5.74, 6) is 0.437. The zero-order chi connectivity index (χ0) is 19.2. The molecule has 8 heteroatoms. The van der Waals surface area contributed by atoms with E-state index in [1.165, 1.54) is 25.2 Å². The van der Waals surface area contributed by atoms with Gasteiger partial charge in [-0.15, -0.1) is 0 Å². The molecule has 27 heavy (non-hydrogen) atoms. The lowest BCUT2D eigenvalue weighted by molar-refractivity contribution is 0.215. The van der Waals surface area contributed by atoms with Crippen LogP contribution in [-0.2, 0) is 6.54 Å². The fourth-order valence-corrected chi connectivity index (χ4v) is 3.27. The lowest BCUT2D eigenvalue weighted by atomic mass is 10.2. The van der Waals surface area contributed by atoms with Gasteiger partial charge in [-0.1, -0.05) is 49.4 Å². The van der Waals surface area contributed by atoms with Gasteiger partial charge in [0, 0.05) is 31.3 Å². The minimum absolute atomic E-state index is 0.236. The average Bonchev–Trinajstić information content (AvgIpc) is 3.00. The number of pyridine rings is 2. The normalized spacial score (nSPS) is 10.9. The van der Waals surface area contributed by atoms with Crippen molar-refractivity contribution >= 4 is 46.0 Å². The molecule has 1 N–H and O–H groups in total. The molecular weight excluding hydrogens is 387 g/mol. The predicted octanol–water partition coefficient (Wildman–Crippen LogP) is 5.93. The van der Waals surface area contributed by atoms with Gasteiger partial charge >= 0.3 is 6.09 Å². The molecule has 3 heterocycles. The van der Waals surface area contributed by atoms with Crippen molar-refractivity contribution in [2.75, 3.05) is 5.32 Å². The Morgan fingerprint density at radius 2 is 2.00 bits per heavy atom. The smallest absolute Gasteiger partial charge is 0.408 e. The molecule has 142 valence electrons.